The molecule has 0 atom stereocenters. The molecule has 0 aromatic carbocycles. The monoisotopic (exact) mass is 345 g/mol. The molecule has 0 radical (unpaired) electrons. The Hall–Kier alpha value is -2.32. The number of rotatable bonds is 7. The molecule has 1 aliphatic rings. The number of nitrogens with one attached hydrogen (secondary N) is 1. The van der Waals surface area contributed by atoms with Crippen LogP contribution in [0.3, 0.4) is 0 Å². The van der Waals surface area contributed by atoms with Crippen LogP contribution < -0.4 is 5.32 Å². The molecule has 0 spiro atoms. The third-order valence-electron chi connectivity index (χ3n) is 4.48. The minimum atomic E-state index is -0.150. The summed E-state index contributed by atoms with van der Waals surface area (Å²) < 4.78 is 7.02. The average Bonchev–Trinajstić information content (AvgIpc) is 2.97. The Morgan fingerprint density at radius 3 is 2.88 bits per heavy atom. The van der Waals surface area contributed by atoms with Gasteiger partial charge in [0, 0.05) is 31.3 Å². The molecular weight excluding hydrogens is 322 g/mol. The van der Waals surface area contributed by atoms with Gasteiger partial charge in [0.15, 0.2) is 5.82 Å². The highest BCUT2D eigenvalue weighted by molar-refractivity contribution is 5.92. The smallest absolute Gasteiger partial charge is 0.270 e. The van der Waals surface area contributed by atoms with Gasteiger partial charge in [0.25, 0.3) is 5.91 Å². The van der Waals surface area contributed by atoms with Crippen molar-refractivity contribution in [1.29, 1.82) is 0 Å². The van der Waals surface area contributed by atoms with Gasteiger partial charge in [-0.1, -0.05) is 6.07 Å². The lowest BCUT2D eigenvalue weighted by atomic mass is 9.79. The molecule has 0 bridgehead atoms. The lowest BCUT2D eigenvalue weighted by Crippen LogP contribution is -2.44. The molecule has 2 aromatic rings. The normalized spacial score (nSPS) is 19.5. The minimum Gasteiger partial charge on any atom is -0.388 e. The number of pyridine rings is 1. The topological polar surface area (TPSA) is 102 Å². The van der Waals surface area contributed by atoms with Gasteiger partial charge in [0.05, 0.1) is 6.61 Å². The number of amides is 1. The zero-order valence-corrected chi connectivity index (χ0v) is 14.5. The van der Waals surface area contributed by atoms with Gasteiger partial charge >= 0.3 is 0 Å². The SMILES string of the molecule is COCCn1c(CO)nnc1C1CC(NC(=O)c2cccc(C)n2)C1. The van der Waals surface area contributed by atoms with Crippen molar-refractivity contribution in [3.63, 3.8) is 0 Å². The Kier molecular flexibility index (Phi) is 5.40. The number of aliphatic hydroxyl groups excluding tert-OH is 1. The number of ether oxygens (including phenoxy) is 1. The number of hydrogen-bond donors (Lipinski definition) is 2. The van der Waals surface area contributed by atoms with Crippen LogP contribution in [0.25, 0.3) is 0 Å². The van der Waals surface area contributed by atoms with Crippen molar-refractivity contribution in [1.82, 2.24) is 25.1 Å². The molecule has 1 saturated carbocycles. The molecular formula is C17H23N5O3. The maximum atomic E-state index is 12.2. The second-order valence-electron chi connectivity index (χ2n) is 6.28. The largest absolute Gasteiger partial charge is 0.388 e. The molecule has 134 valence electrons. The maximum absolute atomic E-state index is 12.2. The van der Waals surface area contributed by atoms with Crippen LogP contribution in [0.1, 0.15) is 46.6 Å². The fourth-order valence-electron chi connectivity index (χ4n) is 3.07. The number of methoxy groups -OCH3 is 1. The quantitative estimate of drug-likeness (QED) is 0.769. The van der Waals surface area contributed by atoms with Crippen LogP contribution in [0.2, 0.25) is 0 Å². The van der Waals surface area contributed by atoms with E-state index in [1.54, 1.807) is 13.2 Å². The van der Waals surface area contributed by atoms with Crippen molar-refractivity contribution in [3.05, 3.63) is 41.2 Å². The third kappa shape index (κ3) is 3.85. The van der Waals surface area contributed by atoms with E-state index in [0.717, 1.165) is 24.4 Å². The Morgan fingerprint density at radius 1 is 1.40 bits per heavy atom. The van der Waals surface area contributed by atoms with E-state index in [9.17, 15) is 9.90 Å². The van der Waals surface area contributed by atoms with Gasteiger partial charge in [-0.2, -0.15) is 0 Å². The molecule has 2 aromatic heterocycles. The first-order valence-corrected chi connectivity index (χ1v) is 8.38. The van der Waals surface area contributed by atoms with Crippen LogP contribution in [0.4, 0.5) is 0 Å². The van der Waals surface area contributed by atoms with Crippen molar-refractivity contribution >= 4 is 5.91 Å². The number of hydrogen-bond acceptors (Lipinski definition) is 6. The Morgan fingerprint density at radius 2 is 2.20 bits per heavy atom. The highest BCUT2D eigenvalue weighted by Crippen LogP contribution is 2.36. The predicted molar refractivity (Wildman–Crippen MR) is 90.0 cm³/mol. The van der Waals surface area contributed by atoms with Gasteiger partial charge in [-0.25, -0.2) is 4.98 Å². The molecule has 0 aliphatic heterocycles. The van der Waals surface area contributed by atoms with E-state index in [4.69, 9.17) is 4.74 Å². The summed E-state index contributed by atoms with van der Waals surface area (Å²) >= 11 is 0. The summed E-state index contributed by atoms with van der Waals surface area (Å²) in [6, 6.07) is 5.51. The molecule has 2 heterocycles. The minimum absolute atomic E-state index is 0.102. The molecule has 3 rings (SSSR count). The molecule has 0 unspecified atom stereocenters. The second kappa shape index (κ2) is 7.71. The van der Waals surface area contributed by atoms with Crippen molar-refractivity contribution in [3.8, 4) is 0 Å². The number of aliphatic hydroxyl groups is 1. The summed E-state index contributed by atoms with van der Waals surface area (Å²) in [5, 5.41) is 20.7. The average molecular weight is 345 g/mol. The van der Waals surface area contributed by atoms with Crippen LogP contribution in [0, 0.1) is 6.92 Å². The van der Waals surface area contributed by atoms with E-state index < -0.39 is 0 Å². The van der Waals surface area contributed by atoms with Crippen LogP contribution in [-0.4, -0.2) is 50.5 Å². The molecule has 2 N–H and O–H groups in total. The summed E-state index contributed by atoms with van der Waals surface area (Å²) in [5.74, 6) is 1.47. The molecule has 8 heteroatoms. The first kappa shape index (κ1) is 17.5. The van der Waals surface area contributed by atoms with Crippen molar-refractivity contribution in [2.24, 2.45) is 0 Å². The van der Waals surface area contributed by atoms with E-state index >= 15 is 0 Å². The fraction of sp³-hybridized carbons (Fsp3) is 0.529. The molecule has 8 nitrogen and oxygen atoms in total. The fourth-order valence-corrected chi connectivity index (χ4v) is 3.07. The van der Waals surface area contributed by atoms with E-state index in [0.29, 0.717) is 24.7 Å². The highest BCUT2D eigenvalue weighted by Gasteiger charge is 2.35. The molecule has 1 amide bonds. The van der Waals surface area contributed by atoms with Crippen LogP contribution in [0.5, 0.6) is 0 Å². The maximum Gasteiger partial charge on any atom is 0.270 e. The van der Waals surface area contributed by atoms with E-state index in [1.807, 2.05) is 23.6 Å². The zero-order valence-electron chi connectivity index (χ0n) is 14.5. The van der Waals surface area contributed by atoms with Gasteiger partial charge < -0.3 is 19.7 Å². The van der Waals surface area contributed by atoms with E-state index in [-0.39, 0.29) is 24.5 Å². The van der Waals surface area contributed by atoms with Gasteiger partial charge in [-0.3, -0.25) is 4.79 Å². The zero-order chi connectivity index (χ0) is 17.8. The Labute approximate surface area is 146 Å². The summed E-state index contributed by atoms with van der Waals surface area (Å²) in [5.41, 5.74) is 1.26. The van der Waals surface area contributed by atoms with Gasteiger partial charge in [-0.05, 0) is 31.9 Å². The number of nitrogens with zero attached hydrogens (tertiary/aromatic N) is 4. The van der Waals surface area contributed by atoms with Crippen LogP contribution in [0.15, 0.2) is 18.2 Å². The van der Waals surface area contributed by atoms with Crippen molar-refractivity contribution < 1.29 is 14.6 Å². The van der Waals surface area contributed by atoms with Crippen molar-refractivity contribution in [2.75, 3.05) is 13.7 Å². The van der Waals surface area contributed by atoms with Gasteiger partial charge in [0.2, 0.25) is 0 Å². The van der Waals surface area contributed by atoms with Crippen LogP contribution >= 0.6 is 0 Å². The first-order valence-electron chi connectivity index (χ1n) is 8.38. The molecule has 1 aliphatic carbocycles. The number of carbonyl (C=O) groups is 1. The highest BCUT2D eigenvalue weighted by atomic mass is 16.5. The lowest BCUT2D eigenvalue weighted by molar-refractivity contribution is 0.0901. The van der Waals surface area contributed by atoms with E-state index in [1.165, 1.54) is 0 Å². The second-order valence-corrected chi connectivity index (χ2v) is 6.28. The summed E-state index contributed by atoms with van der Waals surface area (Å²) in [7, 11) is 1.64. The predicted octanol–water partition coefficient (Wildman–Crippen LogP) is 0.796. The first-order chi connectivity index (χ1) is 12.1. The van der Waals surface area contributed by atoms with Crippen LogP contribution in [-0.2, 0) is 17.9 Å². The Balaban J connectivity index is 1.59. The lowest BCUT2D eigenvalue weighted by Gasteiger charge is -2.35. The van der Waals surface area contributed by atoms with E-state index in [2.05, 4.69) is 20.5 Å². The van der Waals surface area contributed by atoms with Gasteiger partial charge in [0.1, 0.15) is 18.1 Å². The number of aromatic nitrogens is 4. The van der Waals surface area contributed by atoms with Gasteiger partial charge in [-0.15, -0.1) is 10.2 Å². The Bertz CT molecular complexity index is 740. The standard InChI is InChI=1S/C17H23N5O3/c1-11-4-3-5-14(18-11)17(24)19-13-8-12(9-13)16-21-20-15(10-23)22(16)6-7-25-2/h3-5,12-13,23H,6-10H2,1-2H3,(H,19,24). The summed E-state index contributed by atoms with van der Waals surface area (Å²) in [6.45, 7) is 2.85. The summed E-state index contributed by atoms with van der Waals surface area (Å²) in [6.07, 6.45) is 1.60. The number of aryl methyl sites for hydroxylation is 1. The number of carbonyl (C=O) groups excluding carboxylic acids is 1. The third-order valence-corrected chi connectivity index (χ3v) is 4.48. The molecule has 0 saturated heterocycles. The molecule has 25 heavy (non-hydrogen) atoms. The molecule has 1 fully saturated rings. The van der Waals surface area contributed by atoms with Crippen molar-refractivity contribution in [2.45, 2.75) is 44.9 Å². The summed E-state index contributed by atoms with van der Waals surface area (Å²) in [4.78, 5) is 16.5.